The fourth-order valence-corrected chi connectivity index (χ4v) is 3.81. The summed E-state index contributed by atoms with van der Waals surface area (Å²) in [5.41, 5.74) is 1.95. The molecule has 5 nitrogen and oxygen atoms in total. The largest absolute Gasteiger partial charge is 0.350 e. The number of thiophene rings is 1. The Kier molecular flexibility index (Phi) is 5.88. The number of halogens is 1. The summed E-state index contributed by atoms with van der Waals surface area (Å²) in [7, 11) is 0. The van der Waals surface area contributed by atoms with Gasteiger partial charge in [-0.1, -0.05) is 6.07 Å². The number of carbonyl (C=O) groups is 2. The molecule has 2 heterocycles. The van der Waals surface area contributed by atoms with Gasteiger partial charge in [-0.25, -0.2) is 9.18 Å². The van der Waals surface area contributed by atoms with Crippen LogP contribution < -0.4 is 10.6 Å². The van der Waals surface area contributed by atoms with Crippen molar-refractivity contribution in [2.75, 3.05) is 19.6 Å². The van der Waals surface area contributed by atoms with Gasteiger partial charge in [0.1, 0.15) is 5.82 Å². The molecule has 7 heteroatoms. The monoisotopic (exact) mass is 375 g/mol. The number of nitrogens with zero attached hydrogens (tertiary/aromatic N) is 1. The third-order valence-corrected chi connectivity index (χ3v) is 5.26. The van der Waals surface area contributed by atoms with Crippen molar-refractivity contribution in [3.8, 4) is 0 Å². The maximum Gasteiger partial charge on any atom is 0.317 e. The number of urea groups is 1. The molecule has 1 aromatic carbocycles. The van der Waals surface area contributed by atoms with E-state index in [1.165, 1.54) is 11.6 Å². The number of likely N-dealkylation sites (tertiary alicyclic amines) is 1. The maximum absolute atomic E-state index is 13.5. The van der Waals surface area contributed by atoms with Gasteiger partial charge < -0.3 is 15.5 Å². The summed E-state index contributed by atoms with van der Waals surface area (Å²) in [5.74, 6) is -0.755. The van der Waals surface area contributed by atoms with Crippen LogP contribution in [0.25, 0.3) is 0 Å². The van der Waals surface area contributed by atoms with Gasteiger partial charge >= 0.3 is 6.03 Å². The molecule has 2 aromatic rings. The molecule has 138 valence electrons. The highest BCUT2D eigenvalue weighted by Crippen LogP contribution is 2.32. The zero-order valence-electron chi connectivity index (χ0n) is 14.6. The van der Waals surface area contributed by atoms with Gasteiger partial charge in [-0.05, 0) is 59.9 Å². The van der Waals surface area contributed by atoms with Crippen molar-refractivity contribution in [2.24, 2.45) is 0 Å². The topological polar surface area (TPSA) is 61.4 Å². The lowest BCUT2D eigenvalue weighted by molar-refractivity contribution is 0.0953. The Morgan fingerprint density at radius 2 is 2.08 bits per heavy atom. The van der Waals surface area contributed by atoms with Crippen LogP contribution in [0.2, 0.25) is 0 Å². The first-order chi connectivity index (χ1) is 12.6. The van der Waals surface area contributed by atoms with E-state index in [9.17, 15) is 14.0 Å². The Hall–Kier alpha value is -2.41. The van der Waals surface area contributed by atoms with E-state index < -0.39 is 5.82 Å². The number of benzene rings is 1. The number of carbonyl (C=O) groups excluding carboxylic acids is 2. The second-order valence-corrected chi connectivity index (χ2v) is 7.14. The molecule has 0 bridgehead atoms. The predicted octanol–water partition coefficient (Wildman–Crippen LogP) is 3.47. The molecule has 0 saturated carbocycles. The molecular formula is C19H22FN3O2S. The lowest BCUT2D eigenvalue weighted by atomic mass is 10.1. The van der Waals surface area contributed by atoms with Crippen molar-refractivity contribution in [3.05, 3.63) is 57.5 Å². The highest BCUT2D eigenvalue weighted by Gasteiger charge is 2.29. The van der Waals surface area contributed by atoms with Crippen LogP contribution in [0.3, 0.4) is 0 Å². The smallest absolute Gasteiger partial charge is 0.317 e. The normalized spacial score (nSPS) is 16.5. The van der Waals surface area contributed by atoms with Crippen LogP contribution >= 0.6 is 11.3 Å². The minimum Gasteiger partial charge on any atom is -0.350 e. The Morgan fingerprint density at radius 3 is 2.81 bits per heavy atom. The Balaban J connectivity index is 1.45. The second-order valence-electron chi connectivity index (χ2n) is 6.36. The van der Waals surface area contributed by atoms with E-state index in [1.54, 1.807) is 30.4 Å². The molecule has 0 aliphatic carbocycles. The molecule has 0 spiro atoms. The number of hydrogen-bond donors (Lipinski definition) is 2. The molecular weight excluding hydrogens is 353 g/mol. The first-order valence-corrected chi connectivity index (χ1v) is 9.61. The summed E-state index contributed by atoms with van der Waals surface area (Å²) >= 11 is 1.63. The van der Waals surface area contributed by atoms with Crippen LogP contribution in [0.15, 0.2) is 35.0 Å². The van der Waals surface area contributed by atoms with Gasteiger partial charge in [0.25, 0.3) is 5.91 Å². The van der Waals surface area contributed by atoms with E-state index in [-0.39, 0.29) is 30.1 Å². The van der Waals surface area contributed by atoms with Crippen LogP contribution in [0.4, 0.5) is 9.18 Å². The molecule has 3 rings (SSSR count). The highest BCUT2D eigenvalue weighted by molar-refractivity contribution is 7.08. The third-order valence-electron chi connectivity index (χ3n) is 4.56. The van der Waals surface area contributed by atoms with Gasteiger partial charge in [-0.2, -0.15) is 11.3 Å². The van der Waals surface area contributed by atoms with Crippen LogP contribution in [0.5, 0.6) is 0 Å². The molecule has 26 heavy (non-hydrogen) atoms. The number of hydrogen-bond acceptors (Lipinski definition) is 3. The average Bonchev–Trinajstić information content (AvgIpc) is 3.31. The van der Waals surface area contributed by atoms with E-state index in [2.05, 4.69) is 22.1 Å². The van der Waals surface area contributed by atoms with Gasteiger partial charge in [0.2, 0.25) is 0 Å². The Bertz CT molecular complexity index is 779. The molecule has 1 unspecified atom stereocenters. The van der Waals surface area contributed by atoms with Gasteiger partial charge in [0.05, 0.1) is 6.04 Å². The summed E-state index contributed by atoms with van der Waals surface area (Å²) in [5, 5.41) is 9.64. The second kappa shape index (κ2) is 8.31. The fourth-order valence-electron chi connectivity index (χ4n) is 3.10. The minimum atomic E-state index is -0.403. The van der Waals surface area contributed by atoms with Crippen molar-refractivity contribution in [1.82, 2.24) is 15.5 Å². The van der Waals surface area contributed by atoms with Crippen LogP contribution in [-0.2, 0) is 0 Å². The molecule has 1 fully saturated rings. The Morgan fingerprint density at radius 1 is 1.27 bits per heavy atom. The highest BCUT2D eigenvalue weighted by atomic mass is 32.1. The van der Waals surface area contributed by atoms with Gasteiger partial charge in [0.15, 0.2) is 0 Å². The summed E-state index contributed by atoms with van der Waals surface area (Å²) < 4.78 is 13.5. The molecule has 1 aromatic heterocycles. The van der Waals surface area contributed by atoms with E-state index in [1.807, 2.05) is 10.3 Å². The SMILES string of the molecule is Cc1ccc(C(=O)NCCNC(=O)N2CCCC2c2ccsc2)cc1F. The van der Waals surface area contributed by atoms with E-state index >= 15 is 0 Å². The number of rotatable bonds is 5. The predicted molar refractivity (Wildman–Crippen MR) is 99.9 cm³/mol. The molecule has 1 aliphatic rings. The van der Waals surface area contributed by atoms with Crippen molar-refractivity contribution in [2.45, 2.75) is 25.8 Å². The maximum atomic E-state index is 13.5. The van der Waals surface area contributed by atoms with E-state index in [4.69, 9.17) is 0 Å². The van der Waals surface area contributed by atoms with Gasteiger partial charge in [0, 0.05) is 25.2 Å². The quantitative estimate of drug-likeness (QED) is 0.786. The molecule has 2 N–H and O–H groups in total. The Labute approximate surface area is 156 Å². The van der Waals surface area contributed by atoms with E-state index in [0.29, 0.717) is 12.1 Å². The first kappa shape index (κ1) is 18.4. The standard InChI is InChI=1S/C19H22FN3O2S/c1-13-4-5-14(11-16(13)20)18(24)21-7-8-22-19(25)23-9-2-3-17(23)15-6-10-26-12-15/h4-6,10-12,17H,2-3,7-9H2,1H3,(H,21,24)(H,22,25). The molecule has 1 saturated heterocycles. The zero-order valence-corrected chi connectivity index (χ0v) is 15.4. The summed E-state index contributed by atoms with van der Waals surface area (Å²) in [6.45, 7) is 3.00. The number of aryl methyl sites for hydroxylation is 1. The van der Waals surface area contributed by atoms with Crippen molar-refractivity contribution in [1.29, 1.82) is 0 Å². The van der Waals surface area contributed by atoms with Crippen LogP contribution in [0, 0.1) is 12.7 Å². The van der Waals surface area contributed by atoms with Crippen molar-refractivity contribution >= 4 is 23.3 Å². The molecule has 0 radical (unpaired) electrons. The van der Waals surface area contributed by atoms with E-state index in [0.717, 1.165) is 19.4 Å². The first-order valence-electron chi connectivity index (χ1n) is 8.67. The minimum absolute atomic E-state index is 0.116. The number of nitrogens with one attached hydrogen (secondary N) is 2. The summed E-state index contributed by atoms with van der Waals surface area (Å²) in [6, 6.07) is 6.45. The average molecular weight is 375 g/mol. The van der Waals surface area contributed by atoms with Crippen molar-refractivity contribution < 1.29 is 14.0 Å². The van der Waals surface area contributed by atoms with Crippen LogP contribution in [0.1, 0.15) is 40.4 Å². The third kappa shape index (κ3) is 4.22. The lowest BCUT2D eigenvalue weighted by Crippen LogP contribution is -2.42. The lowest BCUT2D eigenvalue weighted by Gasteiger charge is -2.24. The van der Waals surface area contributed by atoms with Crippen LogP contribution in [-0.4, -0.2) is 36.5 Å². The van der Waals surface area contributed by atoms with Gasteiger partial charge in [-0.15, -0.1) is 0 Å². The number of amides is 3. The zero-order chi connectivity index (χ0) is 18.5. The van der Waals surface area contributed by atoms with Crippen molar-refractivity contribution in [3.63, 3.8) is 0 Å². The summed E-state index contributed by atoms with van der Waals surface area (Å²) in [4.78, 5) is 26.3. The molecule has 3 amide bonds. The summed E-state index contributed by atoms with van der Waals surface area (Å²) in [6.07, 6.45) is 1.96. The molecule has 1 atom stereocenters. The molecule has 1 aliphatic heterocycles. The fraction of sp³-hybridized carbons (Fsp3) is 0.368. The van der Waals surface area contributed by atoms with Gasteiger partial charge in [-0.3, -0.25) is 4.79 Å².